The molecule has 0 spiro atoms. The topological polar surface area (TPSA) is 76.1 Å². The summed E-state index contributed by atoms with van der Waals surface area (Å²) < 4.78 is 19.7. The summed E-state index contributed by atoms with van der Waals surface area (Å²) in [7, 11) is 1.54. The van der Waals surface area contributed by atoms with E-state index in [0.29, 0.717) is 28.4 Å². The maximum absolute atomic E-state index is 13.1. The minimum absolute atomic E-state index is 0.147. The Bertz CT molecular complexity index is 1050. The molecule has 0 aliphatic heterocycles. The summed E-state index contributed by atoms with van der Waals surface area (Å²) >= 11 is 0. The molecule has 146 valence electrons. The van der Waals surface area contributed by atoms with Gasteiger partial charge in [0.15, 0.2) is 0 Å². The molecule has 0 fully saturated rings. The van der Waals surface area contributed by atoms with Crippen molar-refractivity contribution in [1.29, 1.82) is 0 Å². The molecule has 0 radical (unpaired) electrons. The van der Waals surface area contributed by atoms with Gasteiger partial charge >= 0.3 is 0 Å². The van der Waals surface area contributed by atoms with E-state index in [9.17, 15) is 14.0 Å². The second-order valence-electron chi connectivity index (χ2n) is 6.58. The number of hydrogen-bond acceptors (Lipinski definition) is 3. The monoisotopic (exact) mass is 383 g/mol. The number of ether oxygens (including phenoxy) is 1. The quantitative estimate of drug-likeness (QED) is 0.684. The van der Waals surface area contributed by atoms with E-state index >= 15 is 0 Å². The van der Waals surface area contributed by atoms with E-state index < -0.39 is 0 Å². The normalized spacial score (nSPS) is 10.7. The van der Waals surface area contributed by atoms with Gasteiger partial charge in [-0.1, -0.05) is 6.07 Å². The number of aromatic nitrogens is 2. The number of amides is 1. The Morgan fingerprint density at radius 3 is 2.57 bits per heavy atom. The molecule has 28 heavy (non-hydrogen) atoms. The lowest BCUT2D eigenvalue weighted by molar-refractivity contribution is -0.116. The smallest absolute Gasteiger partial charge is 0.274 e. The first-order chi connectivity index (χ1) is 13.4. The van der Waals surface area contributed by atoms with Crippen LogP contribution < -0.4 is 15.6 Å². The molecule has 0 saturated carbocycles. The third-order valence-corrected chi connectivity index (χ3v) is 4.51. The predicted molar refractivity (Wildman–Crippen MR) is 106 cm³/mol. The van der Waals surface area contributed by atoms with Crippen molar-refractivity contribution in [3.63, 3.8) is 0 Å². The first-order valence-corrected chi connectivity index (χ1v) is 8.90. The Labute approximate surface area is 161 Å². The van der Waals surface area contributed by atoms with Crippen molar-refractivity contribution in [2.75, 3.05) is 12.4 Å². The summed E-state index contributed by atoms with van der Waals surface area (Å²) in [6, 6.07) is 11.2. The fourth-order valence-electron chi connectivity index (χ4n) is 3.02. The molecular formula is C21H22FN3O3. The van der Waals surface area contributed by atoms with Crippen LogP contribution >= 0.6 is 0 Å². The molecule has 3 aromatic rings. The predicted octanol–water partition coefficient (Wildman–Crippen LogP) is 3.50. The zero-order valence-electron chi connectivity index (χ0n) is 16.0. The van der Waals surface area contributed by atoms with Crippen molar-refractivity contribution in [2.24, 2.45) is 0 Å². The molecule has 1 aromatic heterocycles. The molecule has 0 saturated heterocycles. The van der Waals surface area contributed by atoms with Gasteiger partial charge in [-0.05, 0) is 62.2 Å². The summed E-state index contributed by atoms with van der Waals surface area (Å²) in [6.45, 7) is 3.70. The van der Waals surface area contributed by atoms with Crippen LogP contribution in [0.4, 0.5) is 10.1 Å². The second-order valence-corrected chi connectivity index (χ2v) is 6.58. The number of hydrogen-bond donors (Lipinski definition) is 2. The molecule has 2 N–H and O–H groups in total. The highest BCUT2D eigenvalue weighted by atomic mass is 19.1. The Morgan fingerprint density at radius 2 is 1.89 bits per heavy atom. The number of rotatable bonds is 6. The Morgan fingerprint density at radius 1 is 1.18 bits per heavy atom. The molecule has 0 bridgehead atoms. The van der Waals surface area contributed by atoms with E-state index in [4.69, 9.17) is 4.74 Å². The lowest BCUT2D eigenvalue weighted by Gasteiger charge is -2.10. The number of methoxy groups -OCH3 is 1. The molecule has 0 unspecified atom stereocenters. The largest absolute Gasteiger partial charge is 0.495 e. The zero-order chi connectivity index (χ0) is 20.3. The number of halogens is 1. The van der Waals surface area contributed by atoms with Crippen LogP contribution in [0.15, 0.2) is 47.3 Å². The minimum atomic E-state index is -0.372. The van der Waals surface area contributed by atoms with Gasteiger partial charge in [0.05, 0.1) is 18.5 Å². The zero-order valence-corrected chi connectivity index (χ0v) is 16.0. The van der Waals surface area contributed by atoms with Gasteiger partial charge in [0.2, 0.25) is 5.91 Å². The number of carbonyl (C=O) groups excluding carboxylic acids is 1. The first kappa shape index (κ1) is 19.4. The standard InChI is InChI=1S/C21H22FN3O3/c1-13-4-10-19(28-3)18(12-13)23-20(26)11-9-17-14(2)24-25(21(17)27)16-7-5-15(22)6-8-16/h4-8,10,12,24H,9,11H2,1-3H3,(H,23,26). The highest BCUT2D eigenvalue weighted by Crippen LogP contribution is 2.25. The molecule has 7 heteroatoms. The van der Waals surface area contributed by atoms with Crippen LogP contribution in [-0.2, 0) is 11.2 Å². The van der Waals surface area contributed by atoms with Gasteiger partial charge in [-0.2, -0.15) is 0 Å². The van der Waals surface area contributed by atoms with E-state index in [1.54, 1.807) is 20.1 Å². The number of aryl methyl sites for hydroxylation is 2. The number of nitrogens with zero attached hydrogens (tertiary/aromatic N) is 1. The van der Waals surface area contributed by atoms with E-state index in [1.807, 2.05) is 19.1 Å². The van der Waals surface area contributed by atoms with E-state index in [-0.39, 0.29) is 30.1 Å². The van der Waals surface area contributed by atoms with Crippen molar-refractivity contribution in [1.82, 2.24) is 9.78 Å². The summed E-state index contributed by atoms with van der Waals surface area (Å²) in [5.74, 6) is -0.00350. The fraction of sp³-hybridized carbons (Fsp3) is 0.238. The average molecular weight is 383 g/mol. The summed E-state index contributed by atoms with van der Waals surface area (Å²) in [5.41, 5.74) is 3.09. The molecule has 6 nitrogen and oxygen atoms in total. The van der Waals surface area contributed by atoms with Crippen molar-refractivity contribution in [3.8, 4) is 11.4 Å². The number of benzene rings is 2. The van der Waals surface area contributed by atoms with E-state index in [1.165, 1.54) is 28.9 Å². The third kappa shape index (κ3) is 4.14. The van der Waals surface area contributed by atoms with Gasteiger partial charge in [0.1, 0.15) is 11.6 Å². The van der Waals surface area contributed by atoms with Crippen LogP contribution in [0.2, 0.25) is 0 Å². The molecule has 0 aliphatic carbocycles. The van der Waals surface area contributed by atoms with Gasteiger partial charge in [0.25, 0.3) is 5.56 Å². The van der Waals surface area contributed by atoms with Gasteiger partial charge in [-0.3, -0.25) is 14.7 Å². The maximum atomic E-state index is 13.1. The lowest BCUT2D eigenvalue weighted by Crippen LogP contribution is -2.19. The van der Waals surface area contributed by atoms with E-state index in [2.05, 4.69) is 10.4 Å². The van der Waals surface area contributed by atoms with Crippen LogP contribution in [0.1, 0.15) is 23.2 Å². The van der Waals surface area contributed by atoms with Crippen LogP contribution in [0, 0.1) is 19.7 Å². The van der Waals surface area contributed by atoms with Crippen molar-refractivity contribution < 1.29 is 13.9 Å². The fourth-order valence-corrected chi connectivity index (χ4v) is 3.02. The van der Waals surface area contributed by atoms with Crippen LogP contribution in [0.5, 0.6) is 5.75 Å². The first-order valence-electron chi connectivity index (χ1n) is 8.90. The van der Waals surface area contributed by atoms with E-state index in [0.717, 1.165) is 5.56 Å². The van der Waals surface area contributed by atoms with Crippen LogP contribution in [-0.4, -0.2) is 22.8 Å². The van der Waals surface area contributed by atoms with Crippen LogP contribution in [0.25, 0.3) is 5.69 Å². The molecule has 1 amide bonds. The van der Waals surface area contributed by atoms with Gasteiger partial charge in [-0.25, -0.2) is 9.07 Å². The summed E-state index contributed by atoms with van der Waals surface area (Å²) in [5, 5.41) is 5.81. The van der Waals surface area contributed by atoms with Crippen LogP contribution in [0.3, 0.4) is 0 Å². The molecule has 1 heterocycles. The molecule has 3 rings (SSSR count). The number of anilines is 1. The average Bonchev–Trinajstić information content (AvgIpc) is 2.95. The molecule has 2 aromatic carbocycles. The Balaban J connectivity index is 1.73. The molecule has 0 aliphatic rings. The second kappa shape index (κ2) is 8.12. The highest BCUT2D eigenvalue weighted by molar-refractivity contribution is 5.92. The van der Waals surface area contributed by atoms with Crippen molar-refractivity contribution in [3.05, 3.63) is 75.5 Å². The number of carbonyl (C=O) groups is 1. The Kier molecular flexibility index (Phi) is 5.63. The molecule has 0 atom stereocenters. The number of nitrogens with one attached hydrogen (secondary N) is 2. The van der Waals surface area contributed by atoms with Crippen molar-refractivity contribution >= 4 is 11.6 Å². The Hall–Kier alpha value is -3.35. The number of H-pyrrole nitrogens is 1. The van der Waals surface area contributed by atoms with Gasteiger partial charge in [0, 0.05) is 17.7 Å². The summed E-state index contributed by atoms with van der Waals surface area (Å²) in [4.78, 5) is 25.1. The van der Waals surface area contributed by atoms with Crippen molar-refractivity contribution in [2.45, 2.75) is 26.7 Å². The number of aromatic amines is 1. The maximum Gasteiger partial charge on any atom is 0.274 e. The minimum Gasteiger partial charge on any atom is -0.495 e. The van der Waals surface area contributed by atoms with Gasteiger partial charge < -0.3 is 10.1 Å². The lowest BCUT2D eigenvalue weighted by atomic mass is 10.1. The summed E-state index contributed by atoms with van der Waals surface area (Å²) in [6.07, 6.45) is 0.434. The molecular weight excluding hydrogens is 361 g/mol. The highest BCUT2D eigenvalue weighted by Gasteiger charge is 2.15. The third-order valence-electron chi connectivity index (χ3n) is 4.51. The SMILES string of the molecule is COc1ccc(C)cc1NC(=O)CCc1c(C)[nH]n(-c2ccc(F)cc2)c1=O. The van der Waals surface area contributed by atoms with Gasteiger partial charge in [-0.15, -0.1) is 0 Å².